The number of carbonyl (C=O) groups excluding carboxylic acids is 1. The van der Waals surface area contributed by atoms with Gasteiger partial charge in [0.2, 0.25) is 0 Å². The lowest BCUT2D eigenvalue weighted by Gasteiger charge is -2.14. The zero-order valence-electron chi connectivity index (χ0n) is 20.6. The van der Waals surface area contributed by atoms with Gasteiger partial charge in [-0.1, -0.05) is 12.1 Å². The first kappa shape index (κ1) is 25.4. The highest BCUT2D eigenvalue weighted by atomic mass is 16.6. The molecule has 0 atom stereocenters. The lowest BCUT2D eigenvalue weighted by molar-refractivity contribution is -0.385. The van der Waals surface area contributed by atoms with Crippen LogP contribution < -0.4 is 11.0 Å². The minimum Gasteiger partial charge on any atom is -0.382 e. The molecule has 0 bridgehead atoms. The summed E-state index contributed by atoms with van der Waals surface area (Å²) in [5.41, 5.74) is 1.16. The number of fused-ring (bicyclic) bond motifs is 2. The Labute approximate surface area is 211 Å². The van der Waals surface area contributed by atoms with E-state index in [1.165, 1.54) is 35.6 Å². The number of benzene rings is 1. The van der Waals surface area contributed by atoms with Crippen molar-refractivity contribution < 1.29 is 14.5 Å². The number of amides is 1. The van der Waals surface area contributed by atoms with Crippen LogP contribution in [0.2, 0.25) is 0 Å². The van der Waals surface area contributed by atoms with Gasteiger partial charge in [-0.25, -0.2) is 4.98 Å². The van der Waals surface area contributed by atoms with Crippen LogP contribution in [0.5, 0.6) is 0 Å². The van der Waals surface area contributed by atoms with Gasteiger partial charge in [0.25, 0.3) is 17.2 Å². The molecule has 0 saturated carbocycles. The van der Waals surface area contributed by atoms with Crippen LogP contribution in [0.4, 0.5) is 5.69 Å². The van der Waals surface area contributed by atoms with Crippen molar-refractivity contribution in [2.45, 2.75) is 33.7 Å². The summed E-state index contributed by atoms with van der Waals surface area (Å²) in [6, 6.07) is 11.1. The number of hydrogen-bond acceptors (Lipinski definition) is 7. The van der Waals surface area contributed by atoms with Gasteiger partial charge in [-0.15, -0.1) is 0 Å². The smallest absolute Gasteiger partial charge is 0.279 e. The summed E-state index contributed by atoms with van der Waals surface area (Å²) in [6.45, 7) is 6.37. The highest BCUT2D eigenvalue weighted by molar-refractivity contribution is 5.97. The number of nitro groups is 1. The first-order chi connectivity index (χ1) is 17.8. The highest BCUT2D eigenvalue weighted by Gasteiger charge is 2.20. The Morgan fingerprint density at radius 3 is 2.73 bits per heavy atom. The molecule has 11 nitrogen and oxygen atoms in total. The van der Waals surface area contributed by atoms with E-state index in [0.29, 0.717) is 25.3 Å². The number of nitro benzene ring substituents is 1. The van der Waals surface area contributed by atoms with E-state index in [1.807, 2.05) is 26.0 Å². The lowest BCUT2D eigenvalue weighted by Crippen LogP contribution is -2.30. The van der Waals surface area contributed by atoms with E-state index in [2.05, 4.69) is 4.99 Å². The van der Waals surface area contributed by atoms with Crippen LogP contribution in [-0.4, -0.2) is 38.0 Å². The van der Waals surface area contributed by atoms with Crippen LogP contribution in [0.15, 0.2) is 52.4 Å². The summed E-state index contributed by atoms with van der Waals surface area (Å²) in [7, 11) is 0. The lowest BCUT2D eigenvalue weighted by atomic mass is 10.1. The number of pyridine rings is 2. The predicted octanol–water partition coefficient (Wildman–Crippen LogP) is 3.21. The number of ether oxygens (including phenoxy) is 1. The van der Waals surface area contributed by atoms with Crippen LogP contribution in [0.25, 0.3) is 16.7 Å². The summed E-state index contributed by atoms with van der Waals surface area (Å²) < 4.78 is 8.44. The van der Waals surface area contributed by atoms with Gasteiger partial charge in [0, 0.05) is 37.6 Å². The standard InChI is InChI=1S/C26H24N6O5/c1-4-37-13-7-12-30-23(29-25(33)19-9-5-10-21(17(19)3)32(35)36)18(15-27)14-20-24(30)28-22-16(2)8-6-11-31(22)26(20)34/h5-6,8-11,14H,4,7,12-13H2,1-3H3. The molecule has 0 aliphatic carbocycles. The number of carbonyl (C=O) groups is 1. The van der Waals surface area contributed by atoms with Crippen molar-refractivity contribution in [1.29, 1.82) is 5.26 Å². The molecule has 3 heterocycles. The van der Waals surface area contributed by atoms with Gasteiger partial charge in [-0.2, -0.15) is 10.3 Å². The summed E-state index contributed by atoms with van der Waals surface area (Å²) >= 11 is 0. The monoisotopic (exact) mass is 500 g/mol. The van der Waals surface area contributed by atoms with Gasteiger partial charge < -0.3 is 9.30 Å². The SMILES string of the molecule is CCOCCCn1c(=NC(=O)c2cccc([N+](=O)[O-])c2C)c(C#N)cc2c(=O)n3cccc(C)c3nc21. The summed E-state index contributed by atoms with van der Waals surface area (Å²) in [5.74, 6) is -0.746. The molecule has 0 N–H and O–H groups in total. The number of nitrogens with zero attached hydrogens (tertiary/aromatic N) is 6. The average Bonchev–Trinajstić information content (AvgIpc) is 2.88. The fraction of sp³-hybridized carbons (Fsp3) is 0.269. The first-order valence-corrected chi connectivity index (χ1v) is 11.6. The molecule has 0 aliphatic heterocycles. The molecular formula is C26H24N6O5. The minimum absolute atomic E-state index is 0.00634. The van der Waals surface area contributed by atoms with Gasteiger partial charge in [-0.05, 0) is 51.0 Å². The van der Waals surface area contributed by atoms with E-state index < -0.39 is 10.8 Å². The molecule has 0 aliphatic rings. The van der Waals surface area contributed by atoms with Gasteiger partial charge in [-0.3, -0.25) is 24.1 Å². The van der Waals surface area contributed by atoms with Gasteiger partial charge in [0.15, 0.2) is 5.49 Å². The molecule has 0 fully saturated rings. The minimum atomic E-state index is -0.746. The number of rotatable bonds is 7. The third-order valence-corrected chi connectivity index (χ3v) is 6.04. The van der Waals surface area contributed by atoms with Crippen LogP contribution in [0.1, 0.15) is 40.4 Å². The second-order valence-corrected chi connectivity index (χ2v) is 8.36. The van der Waals surface area contributed by atoms with Crippen molar-refractivity contribution in [3.05, 3.63) is 90.8 Å². The van der Waals surface area contributed by atoms with Gasteiger partial charge >= 0.3 is 0 Å². The normalized spacial score (nSPS) is 11.7. The second-order valence-electron chi connectivity index (χ2n) is 8.36. The molecule has 3 aromatic heterocycles. The molecule has 11 heteroatoms. The molecule has 0 unspecified atom stereocenters. The topological polar surface area (TPSA) is 145 Å². The average molecular weight is 501 g/mol. The maximum absolute atomic E-state index is 13.4. The quantitative estimate of drug-likeness (QED) is 0.164. The molecule has 4 rings (SSSR count). The fourth-order valence-electron chi connectivity index (χ4n) is 4.18. The van der Waals surface area contributed by atoms with Crippen molar-refractivity contribution in [3.63, 3.8) is 0 Å². The predicted molar refractivity (Wildman–Crippen MR) is 135 cm³/mol. The zero-order chi connectivity index (χ0) is 26.7. The largest absolute Gasteiger partial charge is 0.382 e. The first-order valence-electron chi connectivity index (χ1n) is 11.6. The van der Waals surface area contributed by atoms with E-state index in [-0.39, 0.29) is 51.0 Å². The van der Waals surface area contributed by atoms with Crippen LogP contribution in [0, 0.1) is 35.3 Å². The van der Waals surface area contributed by atoms with Crippen LogP contribution in [0.3, 0.4) is 0 Å². The molecule has 188 valence electrons. The highest BCUT2D eigenvalue weighted by Crippen LogP contribution is 2.22. The maximum Gasteiger partial charge on any atom is 0.279 e. The molecule has 0 spiro atoms. The molecule has 37 heavy (non-hydrogen) atoms. The Kier molecular flexibility index (Phi) is 7.22. The van der Waals surface area contributed by atoms with Gasteiger partial charge in [0.1, 0.15) is 17.4 Å². The molecule has 4 aromatic rings. The Hall–Kier alpha value is -4.69. The van der Waals surface area contributed by atoms with E-state index >= 15 is 0 Å². The molecule has 1 amide bonds. The molecular weight excluding hydrogens is 476 g/mol. The Balaban J connectivity index is 2.04. The van der Waals surface area contributed by atoms with E-state index in [9.17, 15) is 25.0 Å². The van der Waals surface area contributed by atoms with Crippen molar-refractivity contribution in [3.8, 4) is 6.07 Å². The molecule has 0 radical (unpaired) electrons. The van der Waals surface area contributed by atoms with Crippen LogP contribution in [-0.2, 0) is 11.3 Å². The number of aromatic nitrogens is 3. The van der Waals surface area contributed by atoms with E-state index in [4.69, 9.17) is 9.72 Å². The van der Waals surface area contributed by atoms with Crippen molar-refractivity contribution in [2.75, 3.05) is 13.2 Å². The third-order valence-electron chi connectivity index (χ3n) is 6.04. The third kappa shape index (κ3) is 4.74. The maximum atomic E-state index is 13.4. The Morgan fingerprint density at radius 2 is 2.03 bits per heavy atom. The second kappa shape index (κ2) is 10.5. The number of aryl methyl sites for hydroxylation is 2. The summed E-state index contributed by atoms with van der Waals surface area (Å²) in [6.07, 6.45) is 2.11. The molecule has 1 aromatic carbocycles. The van der Waals surface area contributed by atoms with E-state index in [1.54, 1.807) is 16.8 Å². The Bertz CT molecular complexity index is 1730. The summed E-state index contributed by atoms with van der Waals surface area (Å²) in [5, 5.41) is 21.5. The van der Waals surface area contributed by atoms with Gasteiger partial charge in [0.05, 0.1) is 21.4 Å². The number of nitriles is 1. The summed E-state index contributed by atoms with van der Waals surface area (Å²) in [4.78, 5) is 46.4. The Morgan fingerprint density at radius 1 is 1.24 bits per heavy atom. The van der Waals surface area contributed by atoms with Crippen LogP contribution >= 0.6 is 0 Å². The number of hydrogen-bond donors (Lipinski definition) is 0. The van der Waals surface area contributed by atoms with Crippen molar-refractivity contribution in [2.24, 2.45) is 4.99 Å². The molecule has 0 saturated heterocycles. The van der Waals surface area contributed by atoms with Crippen molar-refractivity contribution >= 4 is 28.3 Å². The fourth-order valence-corrected chi connectivity index (χ4v) is 4.18. The zero-order valence-corrected chi connectivity index (χ0v) is 20.6. The van der Waals surface area contributed by atoms with Crippen molar-refractivity contribution in [1.82, 2.24) is 14.0 Å². The van der Waals surface area contributed by atoms with E-state index in [0.717, 1.165) is 5.56 Å².